The van der Waals surface area contributed by atoms with Crippen LogP contribution in [-0.2, 0) is 16.0 Å². The number of hydrogen-bond donors (Lipinski definition) is 1. The number of nitrogens with zero attached hydrogens (tertiary/aromatic N) is 1. The quantitative estimate of drug-likeness (QED) is 0.844. The minimum absolute atomic E-state index is 0.173. The van der Waals surface area contributed by atoms with Crippen molar-refractivity contribution in [2.24, 2.45) is 5.92 Å². The highest BCUT2D eigenvalue weighted by Gasteiger charge is 2.36. The molecule has 4 heteroatoms. The van der Waals surface area contributed by atoms with Crippen LogP contribution >= 0.6 is 0 Å². The van der Waals surface area contributed by atoms with Crippen LogP contribution in [0.15, 0.2) is 24.3 Å². The summed E-state index contributed by atoms with van der Waals surface area (Å²) in [5, 5.41) is 9.40. The Bertz CT molecular complexity index is 573. The molecular formula is C16H17NO3. The van der Waals surface area contributed by atoms with Crippen molar-refractivity contribution in [3.05, 3.63) is 35.4 Å². The summed E-state index contributed by atoms with van der Waals surface area (Å²) < 4.78 is 0. The van der Waals surface area contributed by atoms with Crippen LogP contribution in [0.4, 0.5) is 0 Å². The molecule has 1 aromatic carbocycles. The summed E-state index contributed by atoms with van der Waals surface area (Å²) in [5.74, 6) is 1.20. The molecule has 1 N–H and O–H groups in total. The Morgan fingerprint density at radius 3 is 2.90 bits per heavy atom. The Morgan fingerprint density at radius 2 is 2.35 bits per heavy atom. The number of rotatable bonds is 4. The first-order chi connectivity index (χ1) is 9.51. The average molecular weight is 271 g/mol. The van der Waals surface area contributed by atoms with Crippen molar-refractivity contribution < 1.29 is 14.7 Å². The molecule has 20 heavy (non-hydrogen) atoms. The summed E-state index contributed by atoms with van der Waals surface area (Å²) in [4.78, 5) is 24.8. The van der Waals surface area contributed by atoms with Gasteiger partial charge in [-0.1, -0.05) is 29.8 Å². The van der Waals surface area contributed by atoms with Gasteiger partial charge in [0.15, 0.2) is 0 Å². The highest BCUT2D eigenvalue weighted by atomic mass is 16.4. The monoisotopic (exact) mass is 271 g/mol. The third-order valence-corrected chi connectivity index (χ3v) is 3.57. The van der Waals surface area contributed by atoms with Crippen molar-refractivity contribution in [3.63, 3.8) is 0 Å². The zero-order valence-corrected chi connectivity index (χ0v) is 11.4. The lowest BCUT2D eigenvalue weighted by Gasteiger charge is -2.24. The Hall–Kier alpha value is -2.28. The van der Waals surface area contributed by atoms with E-state index in [1.165, 1.54) is 4.90 Å². The van der Waals surface area contributed by atoms with Gasteiger partial charge in [-0.3, -0.25) is 4.79 Å². The molecule has 1 heterocycles. The van der Waals surface area contributed by atoms with Crippen LogP contribution in [-0.4, -0.2) is 34.5 Å². The lowest BCUT2D eigenvalue weighted by atomic mass is 10.0. The number of terminal acetylenes is 1. The molecule has 1 unspecified atom stereocenters. The van der Waals surface area contributed by atoms with Gasteiger partial charge in [-0.05, 0) is 12.5 Å². The minimum atomic E-state index is -0.988. The maximum absolute atomic E-state index is 11.9. The van der Waals surface area contributed by atoms with Crippen LogP contribution in [0.5, 0.6) is 0 Å². The van der Waals surface area contributed by atoms with Crippen molar-refractivity contribution in [3.8, 4) is 12.3 Å². The molecule has 0 spiro atoms. The van der Waals surface area contributed by atoms with E-state index in [1.54, 1.807) is 0 Å². The van der Waals surface area contributed by atoms with Gasteiger partial charge in [0.05, 0.1) is 0 Å². The maximum Gasteiger partial charge on any atom is 0.326 e. The van der Waals surface area contributed by atoms with Gasteiger partial charge in [-0.2, -0.15) is 0 Å². The van der Waals surface area contributed by atoms with Gasteiger partial charge in [0.25, 0.3) is 0 Å². The van der Waals surface area contributed by atoms with E-state index in [-0.39, 0.29) is 18.2 Å². The van der Waals surface area contributed by atoms with Crippen LogP contribution < -0.4 is 0 Å². The van der Waals surface area contributed by atoms with Crippen molar-refractivity contribution in [1.82, 2.24) is 4.90 Å². The standard InChI is InChI=1S/C16H17NO3/c1-3-12-9-15(18)17(10-12)14(16(19)20)8-13-6-4-5-11(2)7-13/h1,4-7,12,14H,8-10H2,2H3,(H,19,20)/t12?,14-/m0/s1. The molecule has 1 amide bonds. The molecule has 0 aromatic heterocycles. The second kappa shape index (κ2) is 5.79. The largest absolute Gasteiger partial charge is 0.480 e. The number of carboxylic acid groups (broad SMARTS) is 1. The summed E-state index contributed by atoms with van der Waals surface area (Å²) in [7, 11) is 0. The number of aryl methyl sites for hydroxylation is 1. The predicted octanol–water partition coefficient (Wildman–Crippen LogP) is 1.47. The van der Waals surface area contributed by atoms with Crippen molar-refractivity contribution in [1.29, 1.82) is 0 Å². The molecule has 1 aromatic rings. The number of amides is 1. The van der Waals surface area contributed by atoms with Gasteiger partial charge in [0, 0.05) is 25.3 Å². The summed E-state index contributed by atoms with van der Waals surface area (Å²) >= 11 is 0. The van der Waals surface area contributed by atoms with Crippen molar-refractivity contribution in [2.45, 2.75) is 25.8 Å². The summed E-state index contributed by atoms with van der Waals surface area (Å²) in [6.07, 6.45) is 5.88. The smallest absolute Gasteiger partial charge is 0.326 e. The Kier molecular flexibility index (Phi) is 4.09. The highest BCUT2D eigenvalue weighted by Crippen LogP contribution is 2.22. The fourth-order valence-corrected chi connectivity index (χ4v) is 2.54. The number of aliphatic carboxylic acids is 1. The normalized spacial score (nSPS) is 19.7. The molecule has 1 saturated heterocycles. The topological polar surface area (TPSA) is 57.6 Å². The van der Waals surface area contributed by atoms with Gasteiger partial charge in [0.2, 0.25) is 5.91 Å². The molecule has 1 aliphatic rings. The highest BCUT2D eigenvalue weighted by molar-refractivity contribution is 5.85. The first-order valence-corrected chi connectivity index (χ1v) is 6.55. The number of carbonyl (C=O) groups is 2. The predicted molar refractivity (Wildman–Crippen MR) is 75.0 cm³/mol. The molecule has 0 aliphatic carbocycles. The zero-order valence-electron chi connectivity index (χ0n) is 11.4. The number of benzene rings is 1. The molecule has 1 aliphatic heterocycles. The molecule has 0 radical (unpaired) electrons. The molecule has 104 valence electrons. The fraction of sp³-hybridized carbons (Fsp3) is 0.375. The first-order valence-electron chi connectivity index (χ1n) is 6.55. The fourth-order valence-electron chi connectivity index (χ4n) is 2.54. The lowest BCUT2D eigenvalue weighted by Crippen LogP contribution is -2.43. The van der Waals surface area contributed by atoms with Gasteiger partial charge in [-0.25, -0.2) is 4.79 Å². The molecule has 2 atom stereocenters. The summed E-state index contributed by atoms with van der Waals surface area (Å²) in [6.45, 7) is 2.28. The van der Waals surface area contributed by atoms with Crippen LogP contribution in [0.1, 0.15) is 17.5 Å². The van der Waals surface area contributed by atoms with E-state index in [0.29, 0.717) is 13.0 Å². The molecule has 2 rings (SSSR count). The number of hydrogen-bond acceptors (Lipinski definition) is 2. The van der Waals surface area contributed by atoms with E-state index < -0.39 is 12.0 Å². The van der Waals surface area contributed by atoms with Gasteiger partial charge in [0.1, 0.15) is 6.04 Å². The molecular weight excluding hydrogens is 254 g/mol. The van der Waals surface area contributed by atoms with Crippen molar-refractivity contribution >= 4 is 11.9 Å². The van der Waals surface area contributed by atoms with E-state index >= 15 is 0 Å². The van der Waals surface area contributed by atoms with E-state index in [0.717, 1.165) is 11.1 Å². The molecule has 0 saturated carbocycles. The van der Waals surface area contributed by atoms with Crippen LogP contribution in [0.2, 0.25) is 0 Å². The van der Waals surface area contributed by atoms with Crippen LogP contribution in [0.25, 0.3) is 0 Å². The SMILES string of the molecule is C#CC1CC(=O)N([C@@H](Cc2cccc(C)c2)C(=O)O)C1. The van der Waals surface area contributed by atoms with Crippen LogP contribution in [0, 0.1) is 25.2 Å². The molecule has 1 fully saturated rings. The average Bonchev–Trinajstić information content (AvgIpc) is 2.77. The number of carbonyl (C=O) groups excluding carboxylic acids is 1. The summed E-state index contributed by atoms with van der Waals surface area (Å²) in [6, 6.07) is 6.81. The second-order valence-corrected chi connectivity index (χ2v) is 5.16. The van der Waals surface area contributed by atoms with E-state index in [1.807, 2.05) is 31.2 Å². The minimum Gasteiger partial charge on any atom is -0.480 e. The Balaban J connectivity index is 2.18. The van der Waals surface area contributed by atoms with E-state index in [2.05, 4.69) is 5.92 Å². The number of likely N-dealkylation sites (tertiary alicyclic amines) is 1. The third-order valence-electron chi connectivity index (χ3n) is 3.57. The maximum atomic E-state index is 11.9. The molecule has 0 bridgehead atoms. The van der Waals surface area contributed by atoms with E-state index in [9.17, 15) is 14.7 Å². The third kappa shape index (κ3) is 3.00. The second-order valence-electron chi connectivity index (χ2n) is 5.16. The van der Waals surface area contributed by atoms with E-state index in [4.69, 9.17) is 6.42 Å². The first kappa shape index (κ1) is 14.1. The number of carboxylic acids is 1. The molecule has 4 nitrogen and oxygen atoms in total. The van der Waals surface area contributed by atoms with Gasteiger partial charge in [-0.15, -0.1) is 12.3 Å². The lowest BCUT2D eigenvalue weighted by molar-refractivity contribution is -0.148. The Labute approximate surface area is 118 Å². The van der Waals surface area contributed by atoms with Crippen LogP contribution in [0.3, 0.4) is 0 Å². The van der Waals surface area contributed by atoms with Gasteiger partial charge >= 0.3 is 5.97 Å². The summed E-state index contributed by atoms with van der Waals surface area (Å²) in [5.41, 5.74) is 1.98. The van der Waals surface area contributed by atoms with Crippen molar-refractivity contribution in [2.75, 3.05) is 6.54 Å². The zero-order chi connectivity index (χ0) is 14.7. The Morgan fingerprint density at radius 1 is 1.60 bits per heavy atom. The van der Waals surface area contributed by atoms with Gasteiger partial charge < -0.3 is 10.0 Å².